The first kappa shape index (κ1) is 18.0. The minimum Gasteiger partial charge on any atom is -0.407 e. The summed E-state index contributed by atoms with van der Waals surface area (Å²) < 4.78 is 7.29. The lowest BCUT2D eigenvalue weighted by molar-refractivity contribution is 0.172. The fraction of sp³-hybridized carbons (Fsp3) is 0.286. The van der Waals surface area contributed by atoms with Crippen LogP contribution >= 0.6 is 0 Å². The van der Waals surface area contributed by atoms with E-state index in [0.717, 1.165) is 31.6 Å². The van der Waals surface area contributed by atoms with E-state index >= 15 is 0 Å². The third kappa shape index (κ3) is 3.09. The molecule has 1 amide bonds. The van der Waals surface area contributed by atoms with Crippen molar-refractivity contribution in [2.45, 2.75) is 12.8 Å². The number of para-hydroxylation sites is 1. The number of amides is 1. The molecule has 1 fully saturated rings. The molecule has 0 aliphatic carbocycles. The highest BCUT2D eigenvalue weighted by molar-refractivity contribution is 5.92. The van der Waals surface area contributed by atoms with Crippen LogP contribution in [0.25, 0.3) is 16.7 Å². The highest BCUT2D eigenvalue weighted by Crippen LogP contribution is 2.35. The lowest BCUT2D eigenvalue weighted by atomic mass is 10.2. The molecule has 0 bridgehead atoms. The number of hydrogen-bond acceptors (Lipinski definition) is 5. The third-order valence-electron chi connectivity index (χ3n) is 4.86. The van der Waals surface area contributed by atoms with Crippen LogP contribution in [0.5, 0.6) is 5.75 Å². The Labute approximate surface area is 162 Å². The van der Waals surface area contributed by atoms with Gasteiger partial charge in [-0.05, 0) is 37.1 Å². The van der Waals surface area contributed by atoms with Crippen molar-refractivity contribution in [1.82, 2.24) is 14.5 Å². The molecular weight excluding hydrogens is 356 g/mol. The second-order valence-corrected chi connectivity index (χ2v) is 6.98. The lowest BCUT2D eigenvalue weighted by Crippen LogP contribution is -2.33. The van der Waals surface area contributed by atoms with E-state index < -0.39 is 6.09 Å². The third-order valence-corrected chi connectivity index (χ3v) is 4.86. The molecule has 1 aliphatic heterocycles. The van der Waals surface area contributed by atoms with E-state index in [2.05, 4.69) is 4.98 Å². The van der Waals surface area contributed by atoms with Crippen LogP contribution < -0.4 is 15.2 Å². The first-order valence-electron chi connectivity index (χ1n) is 9.31. The quantitative estimate of drug-likeness (QED) is 0.701. The predicted octanol–water partition coefficient (Wildman–Crippen LogP) is 3.05. The molecule has 1 saturated heterocycles. The molecule has 3 aromatic rings. The van der Waals surface area contributed by atoms with Crippen LogP contribution in [-0.4, -0.2) is 47.7 Å². The number of rotatable bonds is 3. The molecule has 0 unspecified atom stereocenters. The van der Waals surface area contributed by atoms with Gasteiger partial charge < -0.3 is 14.5 Å². The molecule has 7 nitrogen and oxygen atoms in total. The Morgan fingerprint density at radius 1 is 1.07 bits per heavy atom. The largest absolute Gasteiger partial charge is 0.414 e. The number of anilines is 1. The molecule has 0 atom stereocenters. The van der Waals surface area contributed by atoms with Crippen molar-refractivity contribution in [2.75, 3.05) is 32.1 Å². The lowest BCUT2D eigenvalue weighted by Gasteiger charge is -2.24. The fourth-order valence-electron chi connectivity index (χ4n) is 3.50. The van der Waals surface area contributed by atoms with Gasteiger partial charge in [0.1, 0.15) is 5.69 Å². The number of ether oxygens (including phenoxy) is 1. The number of carbonyl (C=O) groups excluding carboxylic acids is 1. The molecule has 28 heavy (non-hydrogen) atoms. The highest BCUT2D eigenvalue weighted by Gasteiger charge is 2.27. The van der Waals surface area contributed by atoms with Gasteiger partial charge in [0, 0.05) is 33.4 Å². The number of aromatic nitrogens is 2. The number of nitrogens with zero attached hydrogens (tertiary/aromatic N) is 4. The van der Waals surface area contributed by atoms with Crippen LogP contribution in [0, 0.1) is 0 Å². The Bertz CT molecular complexity index is 1070. The molecule has 144 valence electrons. The SMILES string of the molecule is CN(C)C(=O)Oc1c(N2CCCC2)c(=O)n(-c2ccccc2)c2ncccc12. The number of benzene rings is 1. The van der Waals surface area contributed by atoms with E-state index in [4.69, 9.17) is 4.74 Å². The zero-order valence-electron chi connectivity index (χ0n) is 16.0. The van der Waals surface area contributed by atoms with E-state index in [0.29, 0.717) is 16.7 Å². The number of fused-ring (bicyclic) bond motifs is 1. The normalized spacial score (nSPS) is 13.7. The molecule has 0 spiro atoms. The first-order valence-corrected chi connectivity index (χ1v) is 9.31. The maximum atomic E-state index is 13.6. The van der Waals surface area contributed by atoms with Crippen LogP contribution in [0.3, 0.4) is 0 Å². The van der Waals surface area contributed by atoms with Gasteiger partial charge in [-0.15, -0.1) is 0 Å². The van der Waals surface area contributed by atoms with Crippen molar-refractivity contribution in [3.05, 3.63) is 59.0 Å². The molecule has 4 rings (SSSR count). The number of pyridine rings is 2. The second kappa shape index (κ2) is 7.34. The average Bonchev–Trinajstić information content (AvgIpc) is 3.23. The van der Waals surface area contributed by atoms with E-state index in [-0.39, 0.29) is 11.3 Å². The molecule has 7 heteroatoms. The van der Waals surface area contributed by atoms with E-state index in [9.17, 15) is 9.59 Å². The van der Waals surface area contributed by atoms with Crippen LogP contribution in [0.15, 0.2) is 53.5 Å². The zero-order valence-corrected chi connectivity index (χ0v) is 16.0. The predicted molar refractivity (Wildman–Crippen MR) is 108 cm³/mol. The Hall–Kier alpha value is -3.35. The summed E-state index contributed by atoms with van der Waals surface area (Å²) in [6.45, 7) is 1.50. The Morgan fingerprint density at radius 3 is 2.46 bits per heavy atom. The second-order valence-electron chi connectivity index (χ2n) is 6.98. The highest BCUT2D eigenvalue weighted by atomic mass is 16.6. The van der Waals surface area contributed by atoms with Crippen molar-refractivity contribution in [3.8, 4) is 11.4 Å². The monoisotopic (exact) mass is 378 g/mol. The Kier molecular flexibility index (Phi) is 4.73. The summed E-state index contributed by atoms with van der Waals surface area (Å²) in [6, 6.07) is 13.0. The van der Waals surface area contributed by atoms with Crippen molar-refractivity contribution in [3.63, 3.8) is 0 Å². The topological polar surface area (TPSA) is 67.7 Å². The molecule has 1 aliphatic rings. The summed E-state index contributed by atoms with van der Waals surface area (Å²) in [5, 5.41) is 0.628. The molecule has 1 aromatic carbocycles. The van der Waals surface area contributed by atoms with Crippen molar-refractivity contribution in [1.29, 1.82) is 0 Å². The average molecular weight is 378 g/mol. The van der Waals surface area contributed by atoms with Gasteiger partial charge in [0.25, 0.3) is 5.56 Å². The van der Waals surface area contributed by atoms with Gasteiger partial charge in [-0.25, -0.2) is 9.78 Å². The first-order chi connectivity index (χ1) is 13.6. The van der Waals surface area contributed by atoms with E-state index in [1.807, 2.05) is 41.3 Å². The molecule has 3 heterocycles. The number of hydrogen-bond donors (Lipinski definition) is 0. The van der Waals surface area contributed by atoms with Crippen LogP contribution in [0.2, 0.25) is 0 Å². The molecule has 0 radical (unpaired) electrons. The summed E-state index contributed by atoms with van der Waals surface area (Å²) in [5.41, 5.74) is 1.36. The minimum absolute atomic E-state index is 0.235. The molecule has 0 N–H and O–H groups in total. The van der Waals surface area contributed by atoms with Crippen molar-refractivity contribution < 1.29 is 9.53 Å². The summed E-state index contributed by atoms with van der Waals surface area (Å²) in [5.74, 6) is 0.279. The van der Waals surface area contributed by atoms with Gasteiger partial charge in [0.2, 0.25) is 0 Å². The van der Waals surface area contributed by atoms with E-state index in [1.54, 1.807) is 30.9 Å². The molecular formula is C21H22N4O3. The Balaban J connectivity index is 2.05. The van der Waals surface area contributed by atoms with Gasteiger partial charge in [0.15, 0.2) is 11.4 Å². The fourth-order valence-corrected chi connectivity index (χ4v) is 3.50. The maximum Gasteiger partial charge on any atom is 0.414 e. The number of carbonyl (C=O) groups is 1. The van der Waals surface area contributed by atoms with Gasteiger partial charge in [-0.3, -0.25) is 9.36 Å². The minimum atomic E-state index is -0.525. The van der Waals surface area contributed by atoms with Gasteiger partial charge in [-0.2, -0.15) is 0 Å². The summed E-state index contributed by atoms with van der Waals surface area (Å²) in [4.78, 5) is 33.8. The van der Waals surface area contributed by atoms with Gasteiger partial charge >= 0.3 is 6.09 Å². The molecule has 0 saturated carbocycles. The van der Waals surface area contributed by atoms with Crippen LogP contribution in [0.1, 0.15) is 12.8 Å². The van der Waals surface area contributed by atoms with Gasteiger partial charge in [0.05, 0.1) is 11.1 Å². The zero-order chi connectivity index (χ0) is 19.7. The van der Waals surface area contributed by atoms with Crippen molar-refractivity contribution >= 4 is 22.8 Å². The van der Waals surface area contributed by atoms with Gasteiger partial charge in [-0.1, -0.05) is 18.2 Å². The van der Waals surface area contributed by atoms with E-state index in [1.165, 1.54) is 4.90 Å². The standard InChI is InChI=1S/C21H22N4O3/c1-23(2)21(27)28-18-16-11-8-12-22-19(16)25(15-9-4-3-5-10-15)20(26)17(18)24-13-6-7-14-24/h3-5,8-12H,6-7,13-14H2,1-2H3. The summed E-state index contributed by atoms with van der Waals surface area (Å²) in [6.07, 6.45) is 3.10. The van der Waals surface area contributed by atoms with Crippen LogP contribution in [-0.2, 0) is 0 Å². The summed E-state index contributed by atoms with van der Waals surface area (Å²) in [7, 11) is 3.23. The Morgan fingerprint density at radius 2 is 1.79 bits per heavy atom. The van der Waals surface area contributed by atoms with Crippen LogP contribution in [0.4, 0.5) is 10.5 Å². The smallest absolute Gasteiger partial charge is 0.407 e. The van der Waals surface area contributed by atoms with Crippen molar-refractivity contribution in [2.24, 2.45) is 0 Å². The maximum absolute atomic E-state index is 13.6. The molecule has 2 aromatic heterocycles. The summed E-state index contributed by atoms with van der Waals surface area (Å²) >= 11 is 0.